The zero-order valence-corrected chi connectivity index (χ0v) is 17.5. The van der Waals surface area contributed by atoms with Crippen molar-refractivity contribution in [3.8, 4) is 5.88 Å². The molecule has 2 fully saturated rings. The van der Waals surface area contributed by atoms with Gasteiger partial charge >= 0.3 is 0 Å². The number of carbonyl (C=O) groups is 1. The molecule has 160 valence electrons. The van der Waals surface area contributed by atoms with Crippen LogP contribution in [0, 0.1) is 0 Å². The largest absolute Gasteiger partial charge is 0.474 e. The molecule has 1 amide bonds. The molecule has 9 nitrogen and oxygen atoms in total. The molecule has 0 atom stereocenters. The average molecular weight is 433 g/mol. The number of ether oxygens (including phenoxy) is 1. The van der Waals surface area contributed by atoms with Gasteiger partial charge in [-0.15, -0.1) is 0 Å². The number of hydrogen-bond donors (Lipinski definition) is 1. The summed E-state index contributed by atoms with van der Waals surface area (Å²) < 4.78 is 31.8. The zero-order valence-electron chi connectivity index (χ0n) is 16.7. The number of aromatic amines is 1. The van der Waals surface area contributed by atoms with Crippen molar-refractivity contribution in [2.75, 3.05) is 24.4 Å². The molecule has 0 bridgehead atoms. The number of rotatable bonds is 6. The number of sulfonamides is 1. The fourth-order valence-corrected chi connectivity index (χ4v) is 5.05. The Bertz CT molecular complexity index is 1070. The van der Waals surface area contributed by atoms with Gasteiger partial charge in [-0.05, 0) is 25.0 Å². The topological polar surface area (TPSA) is 113 Å². The predicted octanol–water partition coefficient (Wildman–Crippen LogP) is 1.38. The molecule has 1 N–H and O–H groups in total. The van der Waals surface area contributed by atoms with Gasteiger partial charge in [0, 0.05) is 56.9 Å². The third kappa shape index (κ3) is 4.33. The van der Waals surface area contributed by atoms with Crippen molar-refractivity contribution < 1.29 is 17.9 Å². The Morgan fingerprint density at radius 2 is 1.93 bits per heavy atom. The normalized spacial score (nSPS) is 17.6. The fourth-order valence-electron chi connectivity index (χ4n) is 3.47. The van der Waals surface area contributed by atoms with Gasteiger partial charge < -0.3 is 14.6 Å². The Labute approximate surface area is 174 Å². The first-order valence-corrected chi connectivity index (χ1v) is 11.4. The minimum atomic E-state index is -3.31. The molecule has 1 saturated heterocycles. The number of hydrogen-bond acceptors (Lipinski definition) is 6. The lowest BCUT2D eigenvalue weighted by Crippen LogP contribution is -2.42. The van der Waals surface area contributed by atoms with Crippen LogP contribution in [0.25, 0.3) is 0 Å². The maximum absolute atomic E-state index is 12.5. The molecule has 3 heterocycles. The van der Waals surface area contributed by atoms with E-state index in [9.17, 15) is 18.0 Å². The van der Waals surface area contributed by atoms with Crippen molar-refractivity contribution in [3.63, 3.8) is 0 Å². The smallest absolute Gasteiger partial charge is 0.254 e. The summed E-state index contributed by atoms with van der Waals surface area (Å²) in [4.78, 5) is 32.4. The second-order valence-electron chi connectivity index (χ2n) is 7.62. The number of aromatic nitrogens is 2. The molecule has 4 rings (SSSR count). The van der Waals surface area contributed by atoms with Crippen LogP contribution in [0.15, 0.2) is 41.5 Å². The van der Waals surface area contributed by atoms with Gasteiger partial charge in [-0.3, -0.25) is 13.9 Å². The Kier molecular flexibility index (Phi) is 5.50. The van der Waals surface area contributed by atoms with Crippen molar-refractivity contribution in [2.24, 2.45) is 0 Å². The third-order valence-electron chi connectivity index (χ3n) is 5.45. The molecule has 2 aromatic rings. The summed E-state index contributed by atoms with van der Waals surface area (Å²) in [6.45, 7) is 1.05. The van der Waals surface area contributed by atoms with Gasteiger partial charge in [0.1, 0.15) is 6.10 Å². The highest BCUT2D eigenvalue weighted by molar-refractivity contribution is 7.93. The molecule has 1 saturated carbocycles. The Morgan fingerprint density at radius 3 is 2.53 bits per heavy atom. The molecule has 2 aromatic heterocycles. The first kappa shape index (κ1) is 20.4. The molecule has 0 radical (unpaired) electrons. The maximum atomic E-state index is 12.5. The van der Waals surface area contributed by atoms with E-state index in [2.05, 4.69) is 9.97 Å². The molecule has 0 unspecified atom stereocenters. The minimum absolute atomic E-state index is 0.0838. The van der Waals surface area contributed by atoms with Gasteiger partial charge in [0.05, 0.1) is 17.1 Å². The Hall–Kier alpha value is -2.88. The third-order valence-corrected chi connectivity index (χ3v) is 7.74. The second kappa shape index (κ2) is 8.10. The molecule has 1 aliphatic carbocycles. The van der Waals surface area contributed by atoms with E-state index in [0.717, 1.165) is 0 Å². The van der Waals surface area contributed by atoms with E-state index >= 15 is 0 Å². The van der Waals surface area contributed by atoms with E-state index in [4.69, 9.17) is 4.74 Å². The van der Waals surface area contributed by atoms with Gasteiger partial charge in [-0.25, -0.2) is 13.4 Å². The SMILES string of the molecule is CN(c1ccc(OC2CCN(C(=O)c3cc[nH]c(=O)c3)CC2)nc1)S(=O)(=O)C1CC1. The fraction of sp³-hybridized carbons (Fsp3) is 0.450. The summed E-state index contributed by atoms with van der Waals surface area (Å²) in [5, 5.41) is -0.277. The van der Waals surface area contributed by atoms with Crippen LogP contribution in [-0.2, 0) is 10.0 Å². The van der Waals surface area contributed by atoms with Gasteiger partial charge in [-0.1, -0.05) is 0 Å². The van der Waals surface area contributed by atoms with Crippen LogP contribution < -0.4 is 14.6 Å². The Morgan fingerprint density at radius 1 is 1.20 bits per heavy atom. The number of pyridine rings is 2. The van der Waals surface area contributed by atoms with Gasteiger partial charge in [0.25, 0.3) is 5.91 Å². The quantitative estimate of drug-likeness (QED) is 0.738. The van der Waals surface area contributed by atoms with E-state index in [1.807, 2.05) is 0 Å². The molecule has 0 spiro atoms. The van der Waals surface area contributed by atoms with E-state index < -0.39 is 10.0 Å². The molecular weight excluding hydrogens is 408 g/mol. The number of amides is 1. The van der Waals surface area contributed by atoms with Crippen LogP contribution in [0.4, 0.5) is 5.69 Å². The number of carbonyl (C=O) groups excluding carboxylic acids is 1. The van der Waals surface area contributed by atoms with Gasteiger partial charge in [0.15, 0.2) is 0 Å². The van der Waals surface area contributed by atoms with Crippen LogP contribution in [0.2, 0.25) is 0 Å². The monoisotopic (exact) mass is 432 g/mol. The van der Waals surface area contributed by atoms with Gasteiger partial charge in [0.2, 0.25) is 21.5 Å². The first-order chi connectivity index (χ1) is 14.3. The zero-order chi connectivity index (χ0) is 21.3. The summed E-state index contributed by atoms with van der Waals surface area (Å²) in [6.07, 6.45) is 5.60. The number of anilines is 1. The number of likely N-dealkylation sites (tertiary alicyclic amines) is 1. The van der Waals surface area contributed by atoms with E-state index in [1.54, 1.807) is 30.1 Å². The summed E-state index contributed by atoms with van der Waals surface area (Å²) in [7, 11) is -1.77. The highest BCUT2D eigenvalue weighted by atomic mass is 32.2. The summed E-state index contributed by atoms with van der Waals surface area (Å²) in [6, 6.07) is 6.25. The second-order valence-corrected chi connectivity index (χ2v) is 9.86. The number of H-pyrrole nitrogens is 1. The molecular formula is C20H24N4O5S. The lowest BCUT2D eigenvalue weighted by molar-refractivity contribution is 0.0587. The molecule has 1 aliphatic heterocycles. The van der Waals surface area contributed by atoms with Crippen molar-refractivity contribution >= 4 is 21.6 Å². The highest BCUT2D eigenvalue weighted by Crippen LogP contribution is 2.32. The predicted molar refractivity (Wildman–Crippen MR) is 111 cm³/mol. The average Bonchev–Trinajstić information content (AvgIpc) is 3.60. The standard InChI is InChI=1S/C20H24N4O5S/c1-23(30(27,28)17-3-4-17)15-2-5-19(22-13-15)29-16-7-10-24(11-8-16)20(26)14-6-9-21-18(25)12-14/h2,5-6,9,12-13,16-17H,3-4,7-8,10-11H2,1H3,(H,21,25). The lowest BCUT2D eigenvalue weighted by atomic mass is 10.1. The summed E-state index contributed by atoms with van der Waals surface area (Å²) in [5.74, 6) is 0.261. The van der Waals surface area contributed by atoms with Crippen LogP contribution in [-0.4, -0.2) is 60.7 Å². The molecule has 2 aliphatic rings. The highest BCUT2D eigenvalue weighted by Gasteiger charge is 2.39. The molecule has 0 aromatic carbocycles. The lowest BCUT2D eigenvalue weighted by Gasteiger charge is -2.32. The van der Waals surface area contributed by atoms with Crippen LogP contribution in [0.5, 0.6) is 5.88 Å². The summed E-state index contributed by atoms with van der Waals surface area (Å²) >= 11 is 0. The van der Waals surface area contributed by atoms with Crippen molar-refractivity contribution in [1.82, 2.24) is 14.9 Å². The number of piperidine rings is 1. The first-order valence-electron chi connectivity index (χ1n) is 9.93. The Balaban J connectivity index is 1.32. The van der Waals surface area contributed by atoms with E-state index in [1.165, 1.54) is 22.8 Å². The number of nitrogens with one attached hydrogen (secondary N) is 1. The maximum Gasteiger partial charge on any atom is 0.254 e. The van der Waals surface area contributed by atoms with E-state index in [0.29, 0.717) is 55.9 Å². The van der Waals surface area contributed by atoms with E-state index in [-0.39, 0.29) is 22.8 Å². The van der Waals surface area contributed by atoms with Crippen molar-refractivity contribution in [1.29, 1.82) is 0 Å². The van der Waals surface area contributed by atoms with Gasteiger partial charge in [-0.2, -0.15) is 0 Å². The van der Waals surface area contributed by atoms with Crippen LogP contribution in [0.3, 0.4) is 0 Å². The molecule has 30 heavy (non-hydrogen) atoms. The molecule has 10 heteroatoms. The minimum Gasteiger partial charge on any atom is -0.474 e. The number of nitrogens with zero attached hydrogens (tertiary/aromatic N) is 3. The van der Waals surface area contributed by atoms with Crippen LogP contribution >= 0.6 is 0 Å². The van der Waals surface area contributed by atoms with Crippen molar-refractivity contribution in [3.05, 3.63) is 52.6 Å². The van der Waals surface area contributed by atoms with Crippen molar-refractivity contribution in [2.45, 2.75) is 37.0 Å². The summed E-state index contributed by atoms with van der Waals surface area (Å²) in [5.41, 5.74) is 0.581. The van der Waals surface area contributed by atoms with Crippen LogP contribution in [0.1, 0.15) is 36.0 Å².